The second kappa shape index (κ2) is 5.65. The summed E-state index contributed by atoms with van der Waals surface area (Å²) in [5, 5.41) is 3.30. The molecule has 0 radical (unpaired) electrons. The summed E-state index contributed by atoms with van der Waals surface area (Å²) in [6.45, 7) is 2.07. The Bertz CT molecular complexity index is 525. The molecule has 1 unspecified atom stereocenters. The number of pyridine rings is 1. The van der Waals surface area contributed by atoms with Crippen LogP contribution in [-0.2, 0) is 0 Å². The Kier molecular flexibility index (Phi) is 3.95. The summed E-state index contributed by atoms with van der Waals surface area (Å²) >= 11 is 0. The van der Waals surface area contributed by atoms with Gasteiger partial charge < -0.3 is 10.1 Å². The van der Waals surface area contributed by atoms with E-state index in [1.54, 1.807) is 7.11 Å². The molecule has 3 nitrogen and oxygen atoms in total. The van der Waals surface area contributed by atoms with Gasteiger partial charge in [0.15, 0.2) is 0 Å². The molecule has 0 spiro atoms. The summed E-state index contributed by atoms with van der Waals surface area (Å²) < 4.78 is 5.26. The van der Waals surface area contributed by atoms with Crippen LogP contribution >= 0.6 is 0 Å². The molecule has 1 atom stereocenters. The summed E-state index contributed by atoms with van der Waals surface area (Å²) in [4.78, 5) is 4.44. The lowest BCUT2D eigenvalue weighted by Crippen LogP contribution is -2.19. The fraction of sp³-hybridized carbons (Fsp3) is 0.267. The fourth-order valence-electron chi connectivity index (χ4n) is 2.02. The molecule has 3 heteroatoms. The van der Waals surface area contributed by atoms with Crippen molar-refractivity contribution in [3.63, 3.8) is 0 Å². The maximum absolute atomic E-state index is 5.26. The third-order valence-corrected chi connectivity index (χ3v) is 2.95. The van der Waals surface area contributed by atoms with Crippen molar-refractivity contribution < 1.29 is 4.74 Å². The monoisotopic (exact) mass is 242 g/mol. The predicted molar refractivity (Wildman–Crippen MR) is 72.9 cm³/mol. The van der Waals surface area contributed by atoms with Gasteiger partial charge in [0.25, 0.3) is 0 Å². The van der Waals surface area contributed by atoms with Crippen molar-refractivity contribution in [2.24, 2.45) is 0 Å². The maximum Gasteiger partial charge on any atom is 0.119 e. The standard InChI is InChI=1S/C15H18N2O/c1-11-7-8-17-14(9-11)15(16-2)12-5-4-6-13(10-12)18-3/h4-10,15-16H,1-3H3. The van der Waals surface area contributed by atoms with Crippen LogP contribution in [0.25, 0.3) is 0 Å². The molecule has 1 heterocycles. The summed E-state index contributed by atoms with van der Waals surface area (Å²) in [5.41, 5.74) is 3.38. The number of hydrogen-bond donors (Lipinski definition) is 1. The van der Waals surface area contributed by atoms with Gasteiger partial charge in [0.05, 0.1) is 18.8 Å². The molecule has 0 amide bonds. The van der Waals surface area contributed by atoms with E-state index in [0.717, 1.165) is 17.0 Å². The minimum absolute atomic E-state index is 0.0833. The molecule has 1 aromatic heterocycles. The highest BCUT2D eigenvalue weighted by Crippen LogP contribution is 2.23. The van der Waals surface area contributed by atoms with Gasteiger partial charge in [-0.05, 0) is 49.4 Å². The van der Waals surface area contributed by atoms with Gasteiger partial charge in [-0.15, -0.1) is 0 Å². The van der Waals surface area contributed by atoms with Crippen molar-refractivity contribution in [2.75, 3.05) is 14.2 Å². The van der Waals surface area contributed by atoms with Gasteiger partial charge >= 0.3 is 0 Å². The summed E-state index contributed by atoms with van der Waals surface area (Å²) in [5.74, 6) is 0.861. The molecule has 0 saturated heterocycles. The van der Waals surface area contributed by atoms with E-state index >= 15 is 0 Å². The third kappa shape index (κ3) is 2.68. The highest BCUT2D eigenvalue weighted by molar-refractivity contribution is 5.35. The van der Waals surface area contributed by atoms with E-state index in [4.69, 9.17) is 4.74 Å². The van der Waals surface area contributed by atoms with Gasteiger partial charge in [0, 0.05) is 6.20 Å². The van der Waals surface area contributed by atoms with Crippen LogP contribution < -0.4 is 10.1 Å². The van der Waals surface area contributed by atoms with Gasteiger partial charge in [-0.2, -0.15) is 0 Å². The number of rotatable bonds is 4. The second-order valence-corrected chi connectivity index (χ2v) is 4.26. The van der Waals surface area contributed by atoms with E-state index in [0.29, 0.717) is 0 Å². The van der Waals surface area contributed by atoms with E-state index in [-0.39, 0.29) is 6.04 Å². The average Bonchev–Trinajstić information content (AvgIpc) is 2.40. The Morgan fingerprint density at radius 1 is 1.22 bits per heavy atom. The van der Waals surface area contributed by atoms with Crippen LogP contribution in [0.15, 0.2) is 42.6 Å². The minimum Gasteiger partial charge on any atom is -0.497 e. The number of benzene rings is 1. The molecule has 1 N–H and O–H groups in total. The number of hydrogen-bond acceptors (Lipinski definition) is 3. The van der Waals surface area contributed by atoms with Crippen LogP contribution in [0.2, 0.25) is 0 Å². The third-order valence-electron chi connectivity index (χ3n) is 2.95. The first-order valence-electron chi connectivity index (χ1n) is 5.98. The zero-order chi connectivity index (χ0) is 13.0. The largest absolute Gasteiger partial charge is 0.497 e. The quantitative estimate of drug-likeness (QED) is 0.895. The molecule has 0 aliphatic rings. The van der Waals surface area contributed by atoms with Crippen molar-refractivity contribution in [2.45, 2.75) is 13.0 Å². The number of methoxy groups -OCH3 is 1. The number of nitrogens with zero attached hydrogens (tertiary/aromatic N) is 1. The molecule has 0 aliphatic heterocycles. The number of ether oxygens (including phenoxy) is 1. The van der Waals surface area contributed by atoms with E-state index in [9.17, 15) is 0 Å². The summed E-state index contributed by atoms with van der Waals surface area (Å²) in [7, 11) is 3.62. The minimum atomic E-state index is 0.0833. The topological polar surface area (TPSA) is 34.1 Å². The fourth-order valence-corrected chi connectivity index (χ4v) is 2.02. The van der Waals surface area contributed by atoms with Crippen LogP contribution in [0.4, 0.5) is 0 Å². The molecule has 0 fully saturated rings. The van der Waals surface area contributed by atoms with Crippen LogP contribution in [-0.4, -0.2) is 19.1 Å². The van der Waals surface area contributed by atoms with Crippen molar-refractivity contribution >= 4 is 0 Å². The summed E-state index contributed by atoms with van der Waals surface area (Å²) in [6.07, 6.45) is 1.84. The van der Waals surface area contributed by atoms with Crippen LogP contribution in [0.3, 0.4) is 0 Å². The Morgan fingerprint density at radius 3 is 2.72 bits per heavy atom. The lowest BCUT2D eigenvalue weighted by molar-refractivity contribution is 0.413. The highest BCUT2D eigenvalue weighted by Gasteiger charge is 2.13. The molecular weight excluding hydrogens is 224 g/mol. The van der Waals surface area contributed by atoms with E-state index in [1.165, 1.54) is 5.56 Å². The highest BCUT2D eigenvalue weighted by atomic mass is 16.5. The van der Waals surface area contributed by atoms with E-state index in [1.807, 2.05) is 37.5 Å². The molecule has 2 rings (SSSR count). The van der Waals surface area contributed by atoms with Gasteiger partial charge in [-0.1, -0.05) is 12.1 Å². The Balaban J connectivity index is 2.38. The number of aryl methyl sites for hydroxylation is 1. The molecule has 18 heavy (non-hydrogen) atoms. The predicted octanol–water partition coefficient (Wildman–Crippen LogP) is 2.71. The van der Waals surface area contributed by atoms with Gasteiger partial charge in [-0.3, -0.25) is 4.98 Å². The Labute approximate surface area is 108 Å². The maximum atomic E-state index is 5.26. The van der Waals surface area contributed by atoms with Crippen LogP contribution in [0.5, 0.6) is 5.75 Å². The first kappa shape index (κ1) is 12.6. The second-order valence-electron chi connectivity index (χ2n) is 4.26. The molecule has 0 bridgehead atoms. The normalized spacial score (nSPS) is 12.2. The zero-order valence-corrected chi connectivity index (χ0v) is 11.0. The number of aromatic nitrogens is 1. The molecule has 1 aromatic carbocycles. The Morgan fingerprint density at radius 2 is 2.06 bits per heavy atom. The lowest BCUT2D eigenvalue weighted by atomic mass is 10.0. The van der Waals surface area contributed by atoms with Crippen LogP contribution in [0.1, 0.15) is 22.9 Å². The Hall–Kier alpha value is -1.87. The summed E-state index contributed by atoms with van der Waals surface area (Å²) in [6, 6.07) is 12.2. The van der Waals surface area contributed by atoms with E-state index < -0.39 is 0 Å². The van der Waals surface area contributed by atoms with Gasteiger partial charge in [-0.25, -0.2) is 0 Å². The van der Waals surface area contributed by atoms with Gasteiger partial charge in [0.1, 0.15) is 5.75 Å². The van der Waals surface area contributed by atoms with E-state index in [2.05, 4.69) is 29.4 Å². The van der Waals surface area contributed by atoms with Crippen LogP contribution in [0, 0.1) is 6.92 Å². The van der Waals surface area contributed by atoms with Crippen molar-refractivity contribution in [1.82, 2.24) is 10.3 Å². The molecule has 2 aromatic rings. The SMILES string of the molecule is CNC(c1cccc(OC)c1)c1cc(C)ccn1. The molecule has 0 aliphatic carbocycles. The average molecular weight is 242 g/mol. The molecular formula is C15H18N2O. The number of nitrogens with one attached hydrogen (secondary N) is 1. The lowest BCUT2D eigenvalue weighted by Gasteiger charge is -2.17. The molecule has 94 valence electrons. The molecule has 0 saturated carbocycles. The smallest absolute Gasteiger partial charge is 0.119 e. The van der Waals surface area contributed by atoms with Crippen molar-refractivity contribution in [3.05, 3.63) is 59.4 Å². The zero-order valence-electron chi connectivity index (χ0n) is 11.0. The van der Waals surface area contributed by atoms with Gasteiger partial charge in [0.2, 0.25) is 0 Å². The van der Waals surface area contributed by atoms with Crippen molar-refractivity contribution in [3.8, 4) is 5.75 Å². The van der Waals surface area contributed by atoms with Crippen molar-refractivity contribution in [1.29, 1.82) is 0 Å². The first-order chi connectivity index (χ1) is 8.74. The first-order valence-corrected chi connectivity index (χ1v) is 5.98.